The average molecular weight is 405 g/mol. The third kappa shape index (κ3) is 3.41. The number of pyridine rings is 1. The van der Waals surface area contributed by atoms with E-state index in [2.05, 4.69) is 4.98 Å². The van der Waals surface area contributed by atoms with Crippen LogP contribution in [0, 0.1) is 6.92 Å². The van der Waals surface area contributed by atoms with Crippen molar-refractivity contribution in [1.29, 1.82) is 0 Å². The van der Waals surface area contributed by atoms with Crippen LogP contribution in [-0.4, -0.2) is 21.8 Å². The van der Waals surface area contributed by atoms with Gasteiger partial charge in [-0.3, -0.25) is 19.5 Å². The maximum atomic E-state index is 13.0. The Bertz CT molecular complexity index is 1110. The minimum atomic E-state index is -0.767. The van der Waals surface area contributed by atoms with Gasteiger partial charge in [0.15, 0.2) is 0 Å². The highest BCUT2D eigenvalue weighted by Crippen LogP contribution is 2.42. The van der Waals surface area contributed by atoms with Crippen molar-refractivity contribution in [1.82, 2.24) is 4.98 Å². The Kier molecular flexibility index (Phi) is 4.91. The Balaban J connectivity index is 1.93. The van der Waals surface area contributed by atoms with Gasteiger partial charge in [0.05, 0.1) is 11.6 Å². The van der Waals surface area contributed by atoms with Gasteiger partial charge in [0, 0.05) is 28.7 Å². The lowest BCUT2D eigenvalue weighted by atomic mass is 9.96. The molecule has 3 aromatic rings. The molecule has 144 valence electrons. The van der Waals surface area contributed by atoms with Crippen LogP contribution in [0.5, 0.6) is 0 Å². The van der Waals surface area contributed by atoms with Crippen molar-refractivity contribution in [3.05, 3.63) is 100 Å². The largest absolute Gasteiger partial charge is 0.507 e. The molecule has 1 fully saturated rings. The summed E-state index contributed by atoms with van der Waals surface area (Å²) in [7, 11) is 0. The number of aryl methyl sites for hydroxylation is 1. The van der Waals surface area contributed by atoms with Crippen LogP contribution in [0.1, 0.15) is 22.7 Å². The molecule has 2 aromatic carbocycles. The molecule has 1 aliphatic heterocycles. The molecule has 1 saturated heterocycles. The Hall–Kier alpha value is -3.44. The number of carbonyl (C=O) groups is 2. The molecule has 1 aromatic heterocycles. The first-order chi connectivity index (χ1) is 14.0. The Morgan fingerprint density at radius 1 is 0.966 bits per heavy atom. The van der Waals surface area contributed by atoms with Crippen LogP contribution >= 0.6 is 11.6 Å². The maximum absolute atomic E-state index is 13.0. The second-order valence-electron chi connectivity index (χ2n) is 6.79. The number of aromatic nitrogens is 1. The fraction of sp³-hybridized carbons (Fsp3) is 0.0870. The minimum Gasteiger partial charge on any atom is -0.507 e. The van der Waals surface area contributed by atoms with Gasteiger partial charge in [0.25, 0.3) is 11.7 Å². The lowest BCUT2D eigenvalue weighted by Gasteiger charge is -2.25. The molecule has 29 heavy (non-hydrogen) atoms. The number of aliphatic hydroxyl groups is 1. The molecule has 0 radical (unpaired) electrons. The lowest BCUT2D eigenvalue weighted by Crippen LogP contribution is -2.29. The first-order valence-corrected chi connectivity index (χ1v) is 9.38. The number of Topliss-reactive ketones (excluding diaryl/α,β-unsaturated/α-hetero) is 1. The van der Waals surface area contributed by atoms with Crippen molar-refractivity contribution < 1.29 is 14.7 Å². The highest BCUT2D eigenvalue weighted by atomic mass is 35.5. The fourth-order valence-corrected chi connectivity index (χ4v) is 3.55. The Morgan fingerprint density at radius 2 is 1.59 bits per heavy atom. The molecule has 1 aliphatic rings. The molecule has 5 nitrogen and oxygen atoms in total. The molecule has 0 spiro atoms. The van der Waals surface area contributed by atoms with Gasteiger partial charge in [0.2, 0.25) is 0 Å². The molecule has 1 N–H and O–H groups in total. The average Bonchev–Trinajstić information content (AvgIpc) is 3.00. The summed E-state index contributed by atoms with van der Waals surface area (Å²) in [5.41, 5.74) is 2.73. The highest BCUT2D eigenvalue weighted by Gasteiger charge is 2.46. The predicted molar refractivity (Wildman–Crippen MR) is 112 cm³/mol. The van der Waals surface area contributed by atoms with Gasteiger partial charge in [-0.05, 0) is 61.0 Å². The van der Waals surface area contributed by atoms with Crippen molar-refractivity contribution >= 4 is 34.7 Å². The van der Waals surface area contributed by atoms with E-state index in [4.69, 9.17) is 11.6 Å². The van der Waals surface area contributed by atoms with E-state index in [0.29, 0.717) is 21.8 Å². The van der Waals surface area contributed by atoms with E-state index in [0.717, 1.165) is 5.56 Å². The van der Waals surface area contributed by atoms with Crippen LogP contribution in [0.3, 0.4) is 0 Å². The number of benzene rings is 2. The van der Waals surface area contributed by atoms with Crippen molar-refractivity contribution in [2.75, 3.05) is 4.90 Å². The zero-order valence-electron chi connectivity index (χ0n) is 15.5. The predicted octanol–water partition coefficient (Wildman–Crippen LogP) is 4.67. The van der Waals surface area contributed by atoms with Crippen molar-refractivity contribution in [3.8, 4) is 0 Å². The topological polar surface area (TPSA) is 70.5 Å². The molecule has 0 aliphatic carbocycles. The summed E-state index contributed by atoms with van der Waals surface area (Å²) < 4.78 is 0. The molecule has 4 rings (SSSR count). The third-order valence-electron chi connectivity index (χ3n) is 4.90. The molecular weight excluding hydrogens is 388 g/mol. The van der Waals surface area contributed by atoms with Gasteiger partial charge in [-0.1, -0.05) is 29.3 Å². The van der Waals surface area contributed by atoms with Gasteiger partial charge in [-0.25, -0.2) is 0 Å². The number of ketones is 1. The summed E-state index contributed by atoms with van der Waals surface area (Å²) in [5.74, 6) is -1.66. The Labute approximate surface area is 172 Å². The zero-order valence-corrected chi connectivity index (χ0v) is 16.3. The quantitative estimate of drug-likeness (QED) is 0.391. The van der Waals surface area contributed by atoms with E-state index in [-0.39, 0.29) is 11.3 Å². The SMILES string of the molecule is Cc1ccc(N2C(=O)C(=O)/C(=C(\O)c3ccc(Cl)cc3)C2c2ccncc2)cc1. The van der Waals surface area contributed by atoms with Gasteiger partial charge >= 0.3 is 0 Å². The van der Waals surface area contributed by atoms with Crippen LogP contribution in [0.2, 0.25) is 5.02 Å². The number of aliphatic hydroxyl groups excluding tert-OH is 1. The smallest absolute Gasteiger partial charge is 0.300 e. The molecule has 1 atom stereocenters. The molecule has 6 heteroatoms. The summed E-state index contributed by atoms with van der Waals surface area (Å²) in [4.78, 5) is 31.4. The van der Waals surface area contributed by atoms with E-state index < -0.39 is 17.7 Å². The number of carbonyl (C=O) groups excluding carboxylic acids is 2. The summed E-state index contributed by atoms with van der Waals surface area (Å²) in [6, 6.07) is 16.5. The molecule has 0 saturated carbocycles. The number of nitrogens with zero attached hydrogens (tertiary/aromatic N) is 2. The van der Waals surface area contributed by atoms with Crippen molar-refractivity contribution in [2.24, 2.45) is 0 Å². The van der Waals surface area contributed by atoms with Gasteiger partial charge in [0.1, 0.15) is 5.76 Å². The number of halogens is 1. The van der Waals surface area contributed by atoms with E-state index in [1.54, 1.807) is 60.9 Å². The van der Waals surface area contributed by atoms with E-state index in [1.165, 1.54) is 4.90 Å². The first kappa shape index (κ1) is 18.9. The zero-order chi connectivity index (χ0) is 20.5. The second-order valence-corrected chi connectivity index (χ2v) is 7.23. The van der Waals surface area contributed by atoms with Gasteiger partial charge in [-0.15, -0.1) is 0 Å². The molecular formula is C23H17ClN2O3. The summed E-state index contributed by atoms with van der Waals surface area (Å²) in [6.07, 6.45) is 3.18. The molecule has 0 bridgehead atoms. The summed E-state index contributed by atoms with van der Waals surface area (Å²) in [5, 5.41) is 11.5. The van der Waals surface area contributed by atoms with E-state index in [1.807, 2.05) is 19.1 Å². The van der Waals surface area contributed by atoms with Crippen LogP contribution < -0.4 is 4.90 Å². The summed E-state index contributed by atoms with van der Waals surface area (Å²) >= 11 is 5.93. The number of anilines is 1. The molecule has 1 unspecified atom stereocenters. The number of rotatable bonds is 3. The molecule has 1 amide bonds. The number of hydrogen-bond acceptors (Lipinski definition) is 4. The van der Waals surface area contributed by atoms with Crippen molar-refractivity contribution in [3.63, 3.8) is 0 Å². The van der Waals surface area contributed by atoms with Gasteiger partial charge < -0.3 is 5.11 Å². The number of amides is 1. The fourth-order valence-electron chi connectivity index (χ4n) is 3.43. The standard InChI is InChI=1S/C23H17ClN2O3/c1-14-2-8-18(9-3-14)26-20(15-10-12-25-13-11-15)19(22(28)23(26)29)21(27)16-4-6-17(24)7-5-16/h2-13,20,27H,1H3/b21-19-. The van der Waals surface area contributed by atoms with Crippen LogP contribution in [0.4, 0.5) is 5.69 Å². The number of hydrogen-bond donors (Lipinski definition) is 1. The Morgan fingerprint density at radius 3 is 2.21 bits per heavy atom. The normalized spacial score (nSPS) is 18.3. The molecule has 2 heterocycles. The lowest BCUT2D eigenvalue weighted by molar-refractivity contribution is -0.132. The third-order valence-corrected chi connectivity index (χ3v) is 5.15. The van der Waals surface area contributed by atoms with Crippen LogP contribution in [-0.2, 0) is 9.59 Å². The van der Waals surface area contributed by atoms with Crippen molar-refractivity contribution in [2.45, 2.75) is 13.0 Å². The van der Waals surface area contributed by atoms with Crippen LogP contribution in [0.15, 0.2) is 78.6 Å². The summed E-state index contributed by atoms with van der Waals surface area (Å²) in [6.45, 7) is 1.94. The van der Waals surface area contributed by atoms with E-state index >= 15 is 0 Å². The monoisotopic (exact) mass is 404 g/mol. The maximum Gasteiger partial charge on any atom is 0.300 e. The second kappa shape index (κ2) is 7.53. The highest BCUT2D eigenvalue weighted by molar-refractivity contribution is 6.51. The first-order valence-electron chi connectivity index (χ1n) is 9.01. The van der Waals surface area contributed by atoms with E-state index in [9.17, 15) is 14.7 Å². The van der Waals surface area contributed by atoms with Crippen LogP contribution in [0.25, 0.3) is 5.76 Å². The minimum absolute atomic E-state index is 0.0316. The van der Waals surface area contributed by atoms with Gasteiger partial charge in [-0.2, -0.15) is 0 Å².